The van der Waals surface area contributed by atoms with Gasteiger partial charge in [0.1, 0.15) is 5.75 Å². The van der Waals surface area contributed by atoms with Gasteiger partial charge in [-0.1, -0.05) is 13.0 Å². The van der Waals surface area contributed by atoms with Gasteiger partial charge in [0.2, 0.25) is 0 Å². The highest BCUT2D eigenvalue weighted by Gasteiger charge is 2.31. The third-order valence-corrected chi connectivity index (χ3v) is 3.38. The first-order chi connectivity index (χ1) is 7.69. The Morgan fingerprint density at radius 2 is 2.25 bits per heavy atom. The summed E-state index contributed by atoms with van der Waals surface area (Å²) in [5.41, 5.74) is 2.50. The Kier molecular flexibility index (Phi) is 3.06. The Morgan fingerprint density at radius 3 is 2.81 bits per heavy atom. The molecule has 1 unspecified atom stereocenters. The van der Waals surface area contributed by atoms with E-state index in [-0.39, 0.29) is 5.41 Å². The van der Waals surface area contributed by atoms with E-state index in [1.165, 1.54) is 5.56 Å². The summed E-state index contributed by atoms with van der Waals surface area (Å²) in [5, 5.41) is 3.16. The predicted molar refractivity (Wildman–Crippen MR) is 65.3 cm³/mol. The predicted octanol–water partition coefficient (Wildman–Crippen LogP) is 2.41. The van der Waals surface area contributed by atoms with Gasteiger partial charge >= 0.3 is 0 Å². The van der Waals surface area contributed by atoms with Gasteiger partial charge in [-0.2, -0.15) is 0 Å². The molecule has 3 nitrogen and oxygen atoms in total. The van der Waals surface area contributed by atoms with Crippen molar-refractivity contribution in [2.24, 2.45) is 0 Å². The van der Waals surface area contributed by atoms with Crippen molar-refractivity contribution in [1.82, 2.24) is 0 Å². The molecule has 0 aromatic heterocycles. The minimum Gasteiger partial charge on any atom is -0.495 e. The topological polar surface area (TPSA) is 30.5 Å². The first-order valence-corrected chi connectivity index (χ1v) is 5.63. The van der Waals surface area contributed by atoms with Crippen molar-refractivity contribution in [3.63, 3.8) is 0 Å². The molecule has 1 atom stereocenters. The van der Waals surface area contributed by atoms with Crippen LogP contribution in [0.15, 0.2) is 18.2 Å². The van der Waals surface area contributed by atoms with E-state index in [0.717, 1.165) is 31.1 Å². The van der Waals surface area contributed by atoms with Crippen LogP contribution < -0.4 is 10.1 Å². The maximum atomic E-state index is 5.49. The molecule has 2 rings (SSSR count). The number of hydrogen-bond donors (Lipinski definition) is 1. The lowest BCUT2D eigenvalue weighted by molar-refractivity contribution is 0.181. The van der Waals surface area contributed by atoms with Crippen molar-refractivity contribution in [3.8, 4) is 5.75 Å². The molecule has 0 bridgehead atoms. The third kappa shape index (κ3) is 1.87. The average molecular weight is 221 g/mol. The SMILES string of the molecule is CNc1cc(C2(C)CCOC2)ccc1OC. The second kappa shape index (κ2) is 4.34. The number of nitrogens with one attached hydrogen (secondary N) is 1. The van der Waals surface area contributed by atoms with Gasteiger partial charge in [0, 0.05) is 19.1 Å². The lowest BCUT2D eigenvalue weighted by Crippen LogP contribution is -2.21. The van der Waals surface area contributed by atoms with Crippen LogP contribution in [0.25, 0.3) is 0 Å². The second-order valence-electron chi connectivity index (χ2n) is 4.53. The molecule has 1 N–H and O–H groups in total. The number of hydrogen-bond acceptors (Lipinski definition) is 3. The Labute approximate surface area is 96.8 Å². The summed E-state index contributed by atoms with van der Waals surface area (Å²) >= 11 is 0. The van der Waals surface area contributed by atoms with Gasteiger partial charge < -0.3 is 14.8 Å². The molecule has 0 spiro atoms. The minimum absolute atomic E-state index is 0.151. The van der Waals surface area contributed by atoms with E-state index < -0.39 is 0 Å². The van der Waals surface area contributed by atoms with Gasteiger partial charge in [-0.25, -0.2) is 0 Å². The molecule has 16 heavy (non-hydrogen) atoms. The Hall–Kier alpha value is -1.22. The Bertz CT molecular complexity index is 370. The largest absolute Gasteiger partial charge is 0.495 e. The van der Waals surface area contributed by atoms with Gasteiger partial charge in [-0.15, -0.1) is 0 Å². The van der Waals surface area contributed by atoms with Gasteiger partial charge in [-0.05, 0) is 24.1 Å². The fourth-order valence-corrected chi connectivity index (χ4v) is 2.17. The summed E-state index contributed by atoms with van der Waals surface area (Å²) in [4.78, 5) is 0. The highest BCUT2D eigenvalue weighted by molar-refractivity contribution is 5.58. The van der Waals surface area contributed by atoms with E-state index in [1.54, 1.807) is 7.11 Å². The smallest absolute Gasteiger partial charge is 0.141 e. The second-order valence-corrected chi connectivity index (χ2v) is 4.53. The zero-order valence-electron chi connectivity index (χ0n) is 10.2. The highest BCUT2D eigenvalue weighted by atomic mass is 16.5. The van der Waals surface area contributed by atoms with Crippen LogP contribution in [0.4, 0.5) is 5.69 Å². The van der Waals surface area contributed by atoms with Crippen LogP contribution >= 0.6 is 0 Å². The van der Waals surface area contributed by atoms with Crippen LogP contribution in [0.1, 0.15) is 18.9 Å². The quantitative estimate of drug-likeness (QED) is 0.850. The van der Waals surface area contributed by atoms with E-state index >= 15 is 0 Å². The van der Waals surface area contributed by atoms with Crippen molar-refractivity contribution in [1.29, 1.82) is 0 Å². The van der Waals surface area contributed by atoms with Crippen LogP contribution in [-0.4, -0.2) is 27.4 Å². The maximum Gasteiger partial charge on any atom is 0.141 e. The third-order valence-electron chi connectivity index (χ3n) is 3.38. The van der Waals surface area contributed by atoms with Crippen molar-refractivity contribution >= 4 is 5.69 Å². The molecule has 0 amide bonds. The summed E-state index contributed by atoms with van der Waals surface area (Å²) in [5.74, 6) is 0.883. The number of ether oxygens (including phenoxy) is 2. The summed E-state index contributed by atoms with van der Waals surface area (Å²) in [7, 11) is 3.60. The summed E-state index contributed by atoms with van der Waals surface area (Å²) in [6.45, 7) is 3.92. The highest BCUT2D eigenvalue weighted by Crippen LogP contribution is 2.36. The molecule has 0 saturated carbocycles. The lowest BCUT2D eigenvalue weighted by Gasteiger charge is -2.23. The van der Waals surface area contributed by atoms with E-state index in [1.807, 2.05) is 13.1 Å². The molecule has 1 aliphatic heterocycles. The molecule has 1 fully saturated rings. The first-order valence-electron chi connectivity index (χ1n) is 5.63. The molecule has 1 aromatic carbocycles. The minimum atomic E-state index is 0.151. The average Bonchev–Trinajstić information content (AvgIpc) is 2.76. The Balaban J connectivity index is 2.35. The monoisotopic (exact) mass is 221 g/mol. The molecule has 0 radical (unpaired) electrons. The molecular weight excluding hydrogens is 202 g/mol. The number of methoxy groups -OCH3 is 1. The molecule has 0 aliphatic carbocycles. The van der Waals surface area contributed by atoms with Gasteiger partial charge in [0.05, 0.1) is 19.4 Å². The van der Waals surface area contributed by atoms with Crippen molar-refractivity contribution in [3.05, 3.63) is 23.8 Å². The molecule has 3 heteroatoms. The molecule has 88 valence electrons. The van der Waals surface area contributed by atoms with Gasteiger partial charge in [0.25, 0.3) is 0 Å². The molecular formula is C13H19NO2. The van der Waals surface area contributed by atoms with Crippen molar-refractivity contribution in [2.45, 2.75) is 18.8 Å². The Morgan fingerprint density at radius 1 is 1.44 bits per heavy atom. The van der Waals surface area contributed by atoms with Crippen molar-refractivity contribution in [2.75, 3.05) is 32.7 Å². The fourth-order valence-electron chi connectivity index (χ4n) is 2.17. The van der Waals surface area contributed by atoms with Crippen LogP contribution in [0.3, 0.4) is 0 Å². The molecule has 1 aliphatic rings. The molecule has 1 aromatic rings. The van der Waals surface area contributed by atoms with Crippen LogP contribution in [0.2, 0.25) is 0 Å². The summed E-state index contributed by atoms with van der Waals surface area (Å²) < 4.78 is 10.8. The van der Waals surface area contributed by atoms with Gasteiger partial charge in [-0.3, -0.25) is 0 Å². The first kappa shape index (κ1) is 11.3. The standard InChI is InChI=1S/C13H19NO2/c1-13(6-7-16-9-13)10-4-5-12(15-3)11(8-10)14-2/h4-5,8,14H,6-7,9H2,1-3H3. The van der Waals surface area contributed by atoms with Crippen LogP contribution in [-0.2, 0) is 10.2 Å². The van der Waals surface area contributed by atoms with Crippen LogP contribution in [0, 0.1) is 0 Å². The maximum absolute atomic E-state index is 5.49. The molecule has 1 heterocycles. The fraction of sp³-hybridized carbons (Fsp3) is 0.538. The normalized spacial score (nSPS) is 24.4. The van der Waals surface area contributed by atoms with Gasteiger partial charge in [0.15, 0.2) is 0 Å². The zero-order chi connectivity index (χ0) is 11.6. The van der Waals surface area contributed by atoms with E-state index in [9.17, 15) is 0 Å². The summed E-state index contributed by atoms with van der Waals surface area (Å²) in [6, 6.07) is 6.31. The number of anilines is 1. The molecule has 1 saturated heterocycles. The van der Waals surface area contributed by atoms with E-state index in [4.69, 9.17) is 9.47 Å². The lowest BCUT2D eigenvalue weighted by atomic mass is 9.82. The van der Waals surface area contributed by atoms with Crippen LogP contribution in [0.5, 0.6) is 5.75 Å². The number of benzene rings is 1. The number of rotatable bonds is 3. The van der Waals surface area contributed by atoms with E-state index in [0.29, 0.717) is 0 Å². The van der Waals surface area contributed by atoms with Crippen molar-refractivity contribution < 1.29 is 9.47 Å². The summed E-state index contributed by atoms with van der Waals surface area (Å²) in [6.07, 6.45) is 1.09. The van der Waals surface area contributed by atoms with E-state index in [2.05, 4.69) is 24.4 Å². The zero-order valence-corrected chi connectivity index (χ0v) is 10.2.